The Bertz CT molecular complexity index is 852. The summed E-state index contributed by atoms with van der Waals surface area (Å²) in [6, 6.07) is 10.4. The van der Waals surface area contributed by atoms with Gasteiger partial charge < -0.3 is 10.2 Å². The first kappa shape index (κ1) is 17.3. The Morgan fingerprint density at radius 2 is 2.12 bits per heavy atom. The molecule has 1 fully saturated rings. The van der Waals surface area contributed by atoms with Gasteiger partial charge in [-0.05, 0) is 24.3 Å². The predicted octanol–water partition coefficient (Wildman–Crippen LogP) is 1.18. The molecule has 0 radical (unpaired) electrons. The van der Waals surface area contributed by atoms with Gasteiger partial charge in [0.2, 0.25) is 11.8 Å². The molecule has 1 saturated heterocycles. The second-order valence-corrected chi connectivity index (χ2v) is 6.68. The first-order chi connectivity index (χ1) is 12.0. The number of hydrogen-bond acceptors (Lipinski definition) is 4. The summed E-state index contributed by atoms with van der Waals surface area (Å²) in [7, 11) is 0. The van der Waals surface area contributed by atoms with E-state index in [4.69, 9.17) is 0 Å². The maximum absolute atomic E-state index is 12.3. The van der Waals surface area contributed by atoms with Gasteiger partial charge in [-0.15, -0.1) is 0 Å². The number of halogens is 1. The standard InChI is InChI=1S/C17H17BrN4O3/c18-13-3-1-4-14(10-13)21-11-12(9-16(21)24)17(25)19-7-8-22-15(23)5-2-6-20-22/h1-6,10,12H,7-9,11H2,(H,19,25)/t12-/m1/s1. The van der Waals surface area contributed by atoms with Crippen molar-refractivity contribution in [3.05, 3.63) is 57.4 Å². The quantitative estimate of drug-likeness (QED) is 0.810. The zero-order valence-electron chi connectivity index (χ0n) is 13.4. The van der Waals surface area contributed by atoms with Gasteiger partial charge in [-0.1, -0.05) is 22.0 Å². The average Bonchev–Trinajstić information content (AvgIpc) is 2.98. The Morgan fingerprint density at radius 1 is 1.28 bits per heavy atom. The number of nitrogens with one attached hydrogen (secondary N) is 1. The zero-order valence-corrected chi connectivity index (χ0v) is 15.0. The molecule has 1 aromatic carbocycles. The van der Waals surface area contributed by atoms with Crippen molar-refractivity contribution in [2.24, 2.45) is 5.92 Å². The summed E-state index contributed by atoms with van der Waals surface area (Å²) in [6.07, 6.45) is 1.70. The van der Waals surface area contributed by atoms with Gasteiger partial charge in [0.15, 0.2) is 0 Å². The highest BCUT2D eigenvalue weighted by Gasteiger charge is 2.34. The molecule has 1 aliphatic rings. The molecule has 1 N–H and O–H groups in total. The predicted molar refractivity (Wildman–Crippen MR) is 96.1 cm³/mol. The normalized spacial score (nSPS) is 16.9. The van der Waals surface area contributed by atoms with Crippen LogP contribution in [0.3, 0.4) is 0 Å². The van der Waals surface area contributed by atoms with E-state index in [1.807, 2.05) is 24.3 Å². The lowest BCUT2D eigenvalue weighted by molar-refractivity contribution is -0.126. The van der Waals surface area contributed by atoms with Gasteiger partial charge in [0.1, 0.15) is 0 Å². The van der Waals surface area contributed by atoms with Crippen molar-refractivity contribution in [3.8, 4) is 0 Å². The van der Waals surface area contributed by atoms with Gasteiger partial charge in [-0.25, -0.2) is 4.68 Å². The lowest BCUT2D eigenvalue weighted by Crippen LogP contribution is -2.36. The molecule has 0 aliphatic carbocycles. The van der Waals surface area contributed by atoms with E-state index in [1.54, 1.807) is 11.0 Å². The molecule has 1 aliphatic heterocycles. The highest BCUT2D eigenvalue weighted by molar-refractivity contribution is 9.10. The number of hydrogen-bond donors (Lipinski definition) is 1. The maximum Gasteiger partial charge on any atom is 0.266 e. The van der Waals surface area contributed by atoms with E-state index in [0.29, 0.717) is 13.1 Å². The average molecular weight is 405 g/mol. The SMILES string of the molecule is O=C(NCCn1ncccc1=O)[C@@H]1CC(=O)N(c2cccc(Br)c2)C1. The third-order valence-corrected chi connectivity index (χ3v) is 4.52. The van der Waals surface area contributed by atoms with Crippen LogP contribution in [0.4, 0.5) is 5.69 Å². The molecule has 1 atom stereocenters. The fourth-order valence-corrected chi connectivity index (χ4v) is 3.15. The minimum Gasteiger partial charge on any atom is -0.354 e. The van der Waals surface area contributed by atoms with Crippen LogP contribution >= 0.6 is 15.9 Å². The van der Waals surface area contributed by atoms with Gasteiger partial charge in [0.05, 0.1) is 12.5 Å². The van der Waals surface area contributed by atoms with Crippen molar-refractivity contribution in [3.63, 3.8) is 0 Å². The molecular formula is C17H17BrN4O3. The third kappa shape index (κ3) is 4.14. The van der Waals surface area contributed by atoms with Crippen LogP contribution in [-0.2, 0) is 16.1 Å². The van der Waals surface area contributed by atoms with Gasteiger partial charge in [0, 0.05) is 41.9 Å². The summed E-state index contributed by atoms with van der Waals surface area (Å²) in [5.41, 5.74) is 0.559. The fourth-order valence-electron chi connectivity index (χ4n) is 2.76. The van der Waals surface area contributed by atoms with Crippen LogP contribution in [-0.4, -0.2) is 34.7 Å². The van der Waals surface area contributed by atoms with E-state index in [2.05, 4.69) is 26.3 Å². The Kier molecular flexibility index (Phi) is 5.28. The van der Waals surface area contributed by atoms with E-state index >= 15 is 0 Å². The monoisotopic (exact) mass is 404 g/mol. The smallest absolute Gasteiger partial charge is 0.266 e. The van der Waals surface area contributed by atoms with Crippen molar-refractivity contribution in [1.82, 2.24) is 15.1 Å². The highest BCUT2D eigenvalue weighted by atomic mass is 79.9. The number of benzene rings is 1. The number of anilines is 1. The number of amides is 2. The summed E-state index contributed by atoms with van der Waals surface area (Å²) in [6.45, 7) is 0.934. The summed E-state index contributed by atoms with van der Waals surface area (Å²) in [4.78, 5) is 37.7. The van der Waals surface area contributed by atoms with E-state index in [-0.39, 0.29) is 30.3 Å². The maximum atomic E-state index is 12.3. The Morgan fingerprint density at radius 3 is 2.88 bits per heavy atom. The first-order valence-electron chi connectivity index (χ1n) is 7.90. The van der Waals surface area contributed by atoms with Gasteiger partial charge in [0.25, 0.3) is 5.56 Å². The topological polar surface area (TPSA) is 84.3 Å². The molecule has 1 aromatic heterocycles. The van der Waals surface area contributed by atoms with E-state index in [9.17, 15) is 14.4 Å². The summed E-state index contributed by atoms with van der Waals surface area (Å²) in [5, 5.41) is 6.71. The molecule has 2 heterocycles. The molecule has 0 spiro atoms. The largest absolute Gasteiger partial charge is 0.354 e. The Labute approximate surface area is 152 Å². The minimum absolute atomic E-state index is 0.0702. The number of rotatable bonds is 5. The van der Waals surface area contributed by atoms with E-state index < -0.39 is 5.92 Å². The van der Waals surface area contributed by atoms with Crippen molar-refractivity contribution in [2.45, 2.75) is 13.0 Å². The molecule has 7 nitrogen and oxygen atoms in total. The van der Waals surface area contributed by atoms with Crippen LogP contribution in [0.15, 0.2) is 51.9 Å². The lowest BCUT2D eigenvalue weighted by Gasteiger charge is -2.17. The minimum atomic E-state index is -0.396. The van der Waals surface area contributed by atoms with Crippen molar-refractivity contribution in [2.75, 3.05) is 18.0 Å². The van der Waals surface area contributed by atoms with Crippen LogP contribution in [0, 0.1) is 5.92 Å². The molecule has 8 heteroatoms. The lowest BCUT2D eigenvalue weighted by atomic mass is 10.1. The molecule has 2 aromatic rings. The van der Waals surface area contributed by atoms with Crippen LogP contribution < -0.4 is 15.8 Å². The molecule has 25 heavy (non-hydrogen) atoms. The molecule has 0 saturated carbocycles. The second-order valence-electron chi connectivity index (χ2n) is 5.76. The van der Waals surface area contributed by atoms with Crippen LogP contribution in [0.25, 0.3) is 0 Å². The Balaban J connectivity index is 1.56. The fraction of sp³-hybridized carbons (Fsp3) is 0.294. The number of aromatic nitrogens is 2. The van der Waals surface area contributed by atoms with Crippen molar-refractivity contribution >= 4 is 33.4 Å². The molecule has 0 bridgehead atoms. The zero-order chi connectivity index (χ0) is 17.8. The van der Waals surface area contributed by atoms with E-state index in [0.717, 1.165) is 10.2 Å². The van der Waals surface area contributed by atoms with Crippen molar-refractivity contribution < 1.29 is 9.59 Å². The molecule has 3 rings (SSSR count). The Hall–Kier alpha value is -2.48. The van der Waals surface area contributed by atoms with Crippen LogP contribution in [0.5, 0.6) is 0 Å². The van der Waals surface area contributed by atoms with Gasteiger partial charge in [-0.3, -0.25) is 14.4 Å². The number of carbonyl (C=O) groups is 2. The van der Waals surface area contributed by atoms with Crippen molar-refractivity contribution in [1.29, 1.82) is 0 Å². The first-order valence-corrected chi connectivity index (χ1v) is 8.69. The summed E-state index contributed by atoms with van der Waals surface area (Å²) >= 11 is 3.38. The van der Waals surface area contributed by atoms with Gasteiger partial charge in [-0.2, -0.15) is 5.10 Å². The molecule has 2 amide bonds. The third-order valence-electron chi connectivity index (χ3n) is 4.02. The molecule has 130 valence electrons. The van der Waals surface area contributed by atoms with Crippen LogP contribution in [0.1, 0.15) is 6.42 Å². The molecular weight excluding hydrogens is 388 g/mol. The van der Waals surface area contributed by atoms with E-state index in [1.165, 1.54) is 16.9 Å². The number of carbonyl (C=O) groups excluding carboxylic acids is 2. The second kappa shape index (κ2) is 7.60. The van der Waals surface area contributed by atoms with Gasteiger partial charge >= 0.3 is 0 Å². The summed E-state index contributed by atoms with van der Waals surface area (Å²) in [5.74, 6) is -0.652. The number of nitrogens with zero attached hydrogens (tertiary/aromatic N) is 3. The highest BCUT2D eigenvalue weighted by Crippen LogP contribution is 2.27. The van der Waals surface area contributed by atoms with Crippen LogP contribution in [0.2, 0.25) is 0 Å². The molecule has 0 unspecified atom stereocenters. The summed E-state index contributed by atoms with van der Waals surface area (Å²) < 4.78 is 2.17.